The van der Waals surface area contributed by atoms with E-state index in [1.54, 1.807) is 6.92 Å². The average Bonchev–Trinajstić information content (AvgIpc) is 3.21. The van der Waals surface area contributed by atoms with Crippen LogP contribution in [0.2, 0.25) is 0 Å². The highest BCUT2D eigenvalue weighted by Crippen LogP contribution is 2.29. The Hall–Kier alpha value is -3.83. The van der Waals surface area contributed by atoms with Gasteiger partial charge in [-0.15, -0.1) is 0 Å². The minimum atomic E-state index is -4.47. The van der Waals surface area contributed by atoms with Crippen molar-refractivity contribution in [3.8, 4) is 0 Å². The lowest BCUT2D eigenvalue weighted by atomic mass is 10.1. The molecule has 3 rings (SSSR count). The molecule has 3 aromatic rings. The van der Waals surface area contributed by atoms with E-state index in [0.29, 0.717) is 12.0 Å². The van der Waals surface area contributed by atoms with Gasteiger partial charge >= 0.3 is 11.9 Å². The summed E-state index contributed by atoms with van der Waals surface area (Å²) in [5, 5.41) is 6.40. The summed E-state index contributed by atoms with van der Waals surface area (Å²) in [4.78, 5) is 37.5. The Morgan fingerprint density at radius 3 is 2.62 bits per heavy atom. The maximum Gasteiger partial charge on any atom is 0.416 e. The van der Waals surface area contributed by atoms with Gasteiger partial charge in [-0.05, 0) is 24.1 Å². The number of hydrogen-bond donors (Lipinski definition) is 2. The molecule has 1 amide bonds. The van der Waals surface area contributed by atoms with Gasteiger partial charge in [0.15, 0.2) is 0 Å². The number of carbonyl (C=O) groups is 1. The number of nitrogens with one attached hydrogen (secondary N) is 1. The Morgan fingerprint density at radius 2 is 1.97 bits per heavy atom. The molecule has 2 aromatic heterocycles. The molecule has 0 atom stereocenters. The van der Waals surface area contributed by atoms with Gasteiger partial charge in [-0.25, -0.2) is 4.79 Å². The van der Waals surface area contributed by atoms with E-state index < -0.39 is 28.9 Å². The second-order valence-corrected chi connectivity index (χ2v) is 7.14. The highest BCUT2D eigenvalue weighted by molar-refractivity contribution is 6.05. The number of halogens is 3. The minimum absolute atomic E-state index is 0.00246. The third-order valence-corrected chi connectivity index (χ3v) is 4.77. The molecule has 9 nitrogen and oxygen atoms in total. The fourth-order valence-corrected chi connectivity index (χ4v) is 3.11. The van der Waals surface area contributed by atoms with Crippen LogP contribution in [0.4, 0.5) is 24.7 Å². The van der Waals surface area contributed by atoms with Crippen molar-refractivity contribution in [2.75, 3.05) is 11.1 Å². The van der Waals surface area contributed by atoms with Gasteiger partial charge in [0.1, 0.15) is 11.5 Å². The number of benzene rings is 1. The molecule has 1 aromatic carbocycles. The molecule has 0 aliphatic heterocycles. The van der Waals surface area contributed by atoms with Crippen LogP contribution in [-0.2, 0) is 26.3 Å². The Bertz CT molecular complexity index is 1270. The zero-order valence-electron chi connectivity index (χ0n) is 17.3. The molecule has 170 valence electrons. The first-order valence-electron chi connectivity index (χ1n) is 9.62. The van der Waals surface area contributed by atoms with Crippen molar-refractivity contribution in [1.29, 1.82) is 0 Å². The van der Waals surface area contributed by atoms with E-state index in [2.05, 4.69) is 10.4 Å². The Morgan fingerprint density at radius 1 is 1.25 bits per heavy atom. The summed E-state index contributed by atoms with van der Waals surface area (Å²) in [6, 6.07) is 4.77. The molecular weight excluding hydrogens is 429 g/mol. The lowest BCUT2D eigenvalue weighted by molar-refractivity contribution is -0.137. The maximum absolute atomic E-state index is 12.9. The van der Waals surface area contributed by atoms with Crippen molar-refractivity contribution < 1.29 is 18.0 Å². The second kappa shape index (κ2) is 8.73. The molecule has 0 saturated carbocycles. The summed E-state index contributed by atoms with van der Waals surface area (Å²) >= 11 is 0. The topological polar surface area (TPSA) is 117 Å². The second-order valence-electron chi connectivity index (χ2n) is 7.14. The van der Waals surface area contributed by atoms with Gasteiger partial charge in [0, 0.05) is 19.8 Å². The molecule has 0 saturated heterocycles. The minimum Gasteiger partial charge on any atom is -0.383 e. The van der Waals surface area contributed by atoms with Crippen LogP contribution in [0.15, 0.2) is 46.2 Å². The maximum atomic E-state index is 12.9. The molecule has 0 aliphatic carbocycles. The summed E-state index contributed by atoms with van der Waals surface area (Å²) < 4.78 is 42.0. The van der Waals surface area contributed by atoms with Crippen molar-refractivity contribution in [2.45, 2.75) is 32.6 Å². The number of nitrogens with two attached hydrogens (primary N) is 1. The summed E-state index contributed by atoms with van der Waals surface area (Å²) in [7, 11) is 1.38. The van der Waals surface area contributed by atoms with Crippen molar-refractivity contribution in [2.24, 2.45) is 7.05 Å². The number of alkyl halides is 3. The first-order chi connectivity index (χ1) is 15.0. The standard InChI is InChI=1S/C20H21F3N6O3/c1-3-7-29-18(31)15(16(24)27(2)19(29)32)26-17(30)13-9-25-28(11-13)10-12-5-4-6-14(8-12)20(21,22)23/h4-6,8-9,11H,3,7,10,24H2,1-2H3,(H,26,30). The molecule has 0 fully saturated rings. The highest BCUT2D eigenvalue weighted by atomic mass is 19.4. The predicted octanol–water partition coefficient (Wildman–Crippen LogP) is 2.06. The lowest BCUT2D eigenvalue weighted by Crippen LogP contribution is -2.41. The predicted molar refractivity (Wildman–Crippen MR) is 111 cm³/mol. The van der Waals surface area contributed by atoms with Gasteiger partial charge in [-0.2, -0.15) is 18.3 Å². The number of anilines is 2. The van der Waals surface area contributed by atoms with Crippen LogP contribution < -0.4 is 22.3 Å². The fraction of sp³-hybridized carbons (Fsp3) is 0.300. The van der Waals surface area contributed by atoms with Crippen LogP contribution in [0.25, 0.3) is 0 Å². The fourth-order valence-electron chi connectivity index (χ4n) is 3.11. The van der Waals surface area contributed by atoms with Gasteiger partial charge in [-0.1, -0.05) is 19.1 Å². The van der Waals surface area contributed by atoms with E-state index in [1.807, 2.05) is 0 Å². The average molecular weight is 450 g/mol. The normalized spacial score (nSPS) is 11.5. The Labute approximate surface area is 179 Å². The van der Waals surface area contributed by atoms with Gasteiger partial charge in [0.2, 0.25) is 0 Å². The van der Waals surface area contributed by atoms with Crippen LogP contribution in [0.1, 0.15) is 34.8 Å². The largest absolute Gasteiger partial charge is 0.416 e. The van der Waals surface area contributed by atoms with E-state index in [-0.39, 0.29) is 30.2 Å². The molecular formula is C20H21F3N6O3. The third-order valence-electron chi connectivity index (χ3n) is 4.77. The molecule has 0 spiro atoms. The van der Waals surface area contributed by atoms with Crippen molar-refractivity contribution in [3.63, 3.8) is 0 Å². The van der Waals surface area contributed by atoms with Crippen molar-refractivity contribution in [1.82, 2.24) is 18.9 Å². The van der Waals surface area contributed by atoms with Crippen LogP contribution >= 0.6 is 0 Å². The number of amides is 1. The number of aromatic nitrogens is 4. The Balaban J connectivity index is 1.83. The summed E-state index contributed by atoms with van der Waals surface area (Å²) in [6.07, 6.45) is -1.40. The number of carbonyl (C=O) groups excluding carboxylic acids is 1. The van der Waals surface area contributed by atoms with Crippen LogP contribution in [0.5, 0.6) is 0 Å². The molecule has 32 heavy (non-hydrogen) atoms. The number of nitrogens with zero attached hydrogens (tertiary/aromatic N) is 4. The monoisotopic (exact) mass is 450 g/mol. The lowest BCUT2D eigenvalue weighted by Gasteiger charge is -2.13. The zero-order chi connectivity index (χ0) is 23.6. The first kappa shape index (κ1) is 22.8. The summed E-state index contributed by atoms with van der Waals surface area (Å²) in [5.74, 6) is -0.900. The van der Waals surface area contributed by atoms with E-state index in [0.717, 1.165) is 21.3 Å². The molecule has 3 N–H and O–H groups in total. The Kier molecular flexibility index (Phi) is 6.23. The zero-order valence-corrected chi connectivity index (χ0v) is 17.3. The summed E-state index contributed by atoms with van der Waals surface area (Å²) in [5.41, 5.74) is 3.92. The number of rotatable bonds is 6. The van der Waals surface area contributed by atoms with Crippen LogP contribution in [0, 0.1) is 0 Å². The molecule has 0 aliphatic rings. The first-order valence-corrected chi connectivity index (χ1v) is 9.62. The van der Waals surface area contributed by atoms with Crippen LogP contribution in [-0.4, -0.2) is 24.8 Å². The summed E-state index contributed by atoms with van der Waals surface area (Å²) in [6.45, 7) is 1.95. The molecule has 0 unspecified atom stereocenters. The van der Waals surface area contributed by atoms with Crippen molar-refractivity contribution >= 4 is 17.4 Å². The number of hydrogen-bond acceptors (Lipinski definition) is 5. The van der Waals surface area contributed by atoms with Crippen LogP contribution in [0.3, 0.4) is 0 Å². The quantitative estimate of drug-likeness (QED) is 0.596. The molecule has 0 bridgehead atoms. The molecule has 0 radical (unpaired) electrons. The third kappa shape index (κ3) is 4.58. The smallest absolute Gasteiger partial charge is 0.383 e. The van der Waals surface area contributed by atoms with E-state index in [1.165, 1.54) is 36.3 Å². The highest BCUT2D eigenvalue weighted by Gasteiger charge is 2.30. The number of nitrogen functional groups attached to an aromatic ring is 1. The van der Waals surface area contributed by atoms with Gasteiger partial charge in [0.25, 0.3) is 11.5 Å². The molecule has 12 heteroatoms. The molecule has 2 heterocycles. The van der Waals surface area contributed by atoms with Gasteiger partial charge in [-0.3, -0.25) is 23.4 Å². The van der Waals surface area contributed by atoms with E-state index in [4.69, 9.17) is 5.73 Å². The SMILES string of the molecule is CCCn1c(=O)c(NC(=O)c2cnn(Cc3cccc(C(F)(F)F)c3)c2)c(N)n(C)c1=O. The van der Waals surface area contributed by atoms with Gasteiger partial charge in [0.05, 0.1) is 23.9 Å². The van der Waals surface area contributed by atoms with Gasteiger partial charge < -0.3 is 11.1 Å². The van der Waals surface area contributed by atoms with E-state index >= 15 is 0 Å². The van der Waals surface area contributed by atoms with E-state index in [9.17, 15) is 27.6 Å². The van der Waals surface area contributed by atoms with Crippen molar-refractivity contribution in [3.05, 3.63) is 74.2 Å².